The minimum Gasteiger partial charge on any atom is -0.282 e. The predicted molar refractivity (Wildman–Crippen MR) is 75.8 cm³/mol. The van der Waals surface area contributed by atoms with Crippen molar-refractivity contribution in [3.63, 3.8) is 0 Å². The van der Waals surface area contributed by atoms with Gasteiger partial charge in [-0.2, -0.15) is 9.40 Å². The molecule has 2 heterocycles. The third kappa shape index (κ3) is 2.47. The van der Waals surface area contributed by atoms with Crippen LogP contribution in [0.2, 0.25) is 0 Å². The number of hydrogen-bond donors (Lipinski definition) is 1. The lowest BCUT2D eigenvalue weighted by molar-refractivity contribution is 0.464. The Bertz CT molecular complexity index is 757. The number of aryl methyl sites for hydroxylation is 1. The molecule has 0 aliphatic carbocycles. The molecule has 1 fully saturated rings. The number of rotatable bonds is 3. The summed E-state index contributed by atoms with van der Waals surface area (Å²) in [5.74, 6) is -0.632. The first-order valence-electron chi connectivity index (χ1n) is 6.74. The highest BCUT2D eigenvalue weighted by atomic mass is 32.2. The van der Waals surface area contributed by atoms with Gasteiger partial charge in [-0.15, -0.1) is 0 Å². The highest BCUT2D eigenvalue weighted by Gasteiger charge is 2.35. The number of nitrogens with zero attached hydrogens (tertiary/aromatic N) is 2. The van der Waals surface area contributed by atoms with Gasteiger partial charge < -0.3 is 0 Å². The molecule has 1 N–H and O–H groups in total. The van der Waals surface area contributed by atoms with E-state index in [0.717, 1.165) is 11.3 Å². The highest BCUT2D eigenvalue weighted by molar-refractivity contribution is 7.89. The molecule has 1 aromatic carbocycles. The van der Waals surface area contributed by atoms with E-state index in [9.17, 15) is 12.8 Å². The molecule has 0 saturated carbocycles. The van der Waals surface area contributed by atoms with Gasteiger partial charge in [-0.25, -0.2) is 12.8 Å². The smallest absolute Gasteiger partial charge is 0.246 e. The fourth-order valence-electron chi connectivity index (χ4n) is 2.74. The zero-order chi connectivity index (χ0) is 15.0. The molecule has 1 aliphatic rings. The average Bonchev–Trinajstić information content (AvgIpc) is 3.07. The molecule has 1 saturated heterocycles. The molecule has 1 unspecified atom stereocenters. The fourth-order valence-corrected chi connectivity index (χ4v) is 4.31. The second kappa shape index (κ2) is 5.23. The molecule has 21 heavy (non-hydrogen) atoms. The van der Waals surface area contributed by atoms with Crippen molar-refractivity contribution in [2.75, 3.05) is 13.1 Å². The predicted octanol–water partition coefficient (Wildman–Crippen LogP) is 2.04. The molecule has 1 aliphatic heterocycles. The Morgan fingerprint density at radius 1 is 1.38 bits per heavy atom. The molecule has 5 nitrogen and oxygen atoms in total. The topological polar surface area (TPSA) is 66.1 Å². The molecular weight excluding hydrogens is 293 g/mol. The van der Waals surface area contributed by atoms with Crippen molar-refractivity contribution in [2.24, 2.45) is 0 Å². The Hall–Kier alpha value is -1.73. The van der Waals surface area contributed by atoms with E-state index in [4.69, 9.17) is 0 Å². The molecule has 0 spiro atoms. The van der Waals surface area contributed by atoms with Crippen molar-refractivity contribution in [1.29, 1.82) is 0 Å². The number of H-pyrrole nitrogens is 1. The second-order valence-corrected chi connectivity index (χ2v) is 7.15. The number of halogens is 1. The molecule has 3 rings (SSSR count). The Balaban J connectivity index is 1.86. The molecule has 1 aromatic heterocycles. The zero-order valence-corrected chi connectivity index (χ0v) is 12.4. The maximum Gasteiger partial charge on any atom is 0.246 e. The summed E-state index contributed by atoms with van der Waals surface area (Å²) in [6.07, 6.45) is 2.43. The summed E-state index contributed by atoms with van der Waals surface area (Å²) in [6.45, 7) is 2.67. The maximum absolute atomic E-state index is 13.8. The molecule has 1 atom stereocenters. The normalized spacial score (nSPS) is 20.0. The van der Waals surface area contributed by atoms with Crippen LogP contribution in [0.15, 0.2) is 35.4 Å². The highest BCUT2D eigenvalue weighted by Crippen LogP contribution is 2.31. The van der Waals surface area contributed by atoms with Crippen LogP contribution < -0.4 is 0 Å². The largest absolute Gasteiger partial charge is 0.282 e. The average molecular weight is 309 g/mol. The summed E-state index contributed by atoms with van der Waals surface area (Å²) >= 11 is 0. The summed E-state index contributed by atoms with van der Waals surface area (Å²) in [5.41, 5.74) is 1.98. The first-order valence-corrected chi connectivity index (χ1v) is 8.18. The minimum atomic E-state index is -3.78. The van der Waals surface area contributed by atoms with Gasteiger partial charge in [0, 0.05) is 24.7 Å². The molecule has 2 aromatic rings. The second-order valence-electron chi connectivity index (χ2n) is 5.25. The number of nitrogens with one attached hydrogen (secondary N) is 1. The lowest BCUT2D eigenvalue weighted by Gasteiger charge is -2.17. The fraction of sp³-hybridized carbons (Fsp3) is 0.357. The van der Waals surface area contributed by atoms with Gasteiger partial charge >= 0.3 is 0 Å². The van der Waals surface area contributed by atoms with E-state index in [2.05, 4.69) is 10.2 Å². The molecule has 0 bridgehead atoms. The summed E-state index contributed by atoms with van der Waals surface area (Å²) in [7, 11) is -3.78. The van der Waals surface area contributed by atoms with E-state index in [1.165, 1.54) is 28.6 Å². The van der Waals surface area contributed by atoms with E-state index < -0.39 is 15.8 Å². The van der Waals surface area contributed by atoms with Crippen LogP contribution in [0.3, 0.4) is 0 Å². The van der Waals surface area contributed by atoms with Crippen molar-refractivity contribution >= 4 is 10.0 Å². The summed E-state index contributed by atoms with van der Waals surface area (Å²) in [4.78, 5) is -0.257. The third-order valence-corrected chi connectivity index (χ3v) is 5.78. The minimum absolute atomic E-state index is 0.0778. The first-order chi connectivity index (χ1) is 10.00. The summed E-state index contributed by atoms with van der Waals surface area (Å²) < 4.78 is 40.1. The third-order valence-electron chi connectivity index (χ3n) is 3.88. The van der Waals surface area contributed by atoms with Gasteiger partial charge in [0.15, 0.2) is 0 Å². The van der Waals surface area contributed by atoms with E-state index in [0.29, 0.717) is 19.5 Å². The Kier molecular flexibility index (Phi) is 3.54. The molecular formula is C14H16FN3O2S. The molecule has 0 amide bonds. The van der Waals surface area contributed by atoms with Gasteiger partial charge in [0.05, 0.1) is 6.20 Å². The van der Waals surface area contributed by atoms with Gasteiger partial charge in [0.25, 0.3) is 0 Å². The molecule has 7 heteroatoms. The van der Waals surface area contributed by atoms with E-state index in [-0.39, 0.29) is 10.8 Å². The van der Waals surface area contributed by atoms with Gasteiger partial charge in [-0.3, -0.25) is 5.10 Å². The van der Waals surface area contributed by atoms with Gasteiger partial charge in [0.1, 0.15) is 10.7 Å². The van der Waals surface area contributed by atoms with Gasteiger partial charge in [0.2, 0.25) is 10.0 Å². The number of benzene rings is 1. The van der Waals surface area contributed by atoms with Crippen LogP contribution >= 0.6 is 0 Å². The standard InChI is InChI=1S/C14H16FN3O2S/c1-10-8-16-17-14(10)11-6-7-18(9-11)21(19,20)13-5-3-2-4-12(13)15/h2-5,8,11H,6-7,9H2,1H3,(H,16,17). The number of hydrogen-bond acceptors (Lipinski definition) is 3. The van der Waals surface area contributed by atoms with Crippen LogP contribution in [-0.2, 0) is 10.0 Å². The lowest BCUT2D eigenvalue weighted by Crippen LogP contribution is -2.29. The van der Waals surface area contributed by atoms with Gasteiger partial charge in [-0.05, 0) is 31.0 Å². The monoisotopic (exact) mass is 309 g/mol. The van der Waals surface area contributed by atoms with Gasteiger partial charge in [-0.1, -0.05) is 12.1 Å². The first kappa shape index (κ1) is 14.2. The van der Waals surface area contributed by atoms with Crippen molar-refractivity contribution in [1.82, 2.24) is 14.5 Å². The molecule has 0 radical (unpaired) electrons. The quantitative estimate of drug-likeness (QED) is 0.943. The van der Waals surface area contributed by atoms with Crippen LogP contribution in [0.25, 0.3) is 0 Å². The molecule has 112 valence electrons. The van der Waals surface area contributed by atoms with Crippen molar-refractivity contribution in [3.8, 4) is 0 Å². The Labute approximate surface area is 122 Å². The Morgan fingerprint density at radius 3 is 2.81 bits per heavy atom. The van der Waals surface area contributed by atoms with E-state index in [1.807, 2.05) is 6.92 Å². The number of aromatic amines is 1. The van der Waals surface area contributed by atoms with Crippen molar-refractivity contribution in [2.45, 2.75) is 24.2 Å². The number of aromatic nitrogens is 2. The van der Waals surface area contributed by atoms with E-state index in [1.54, 1.807) is 6.20 Å². The van der Waals surface area contributed by atoms with Crippen LogP contribution in [0.5, 0.6) is 0 Å². The lowest BCUT2D eigenvalue weighted by atomic mass is 10.0. The zero-order valence-electron chi connectivity index (χ0n) is 11.6. The van der Waals surface area contributed by atoms with Crippen LogP contribution in [-0.4, -0.2) is 36.0 Å². The van der Waals surface area contributed by atoms with E-state index >= 15 is 0 Å². The van der Waals surface area contributed by atoms with Crippen LogP contribution in [0, 0.1) is 12.7 Å². The Morgan fingerprint density at radius 2 is 2.14 bits per heavy atom. The van der Waals surface area contributed by atoms with Crippen molar-refractivity contribution in [3.05, 3.63) is 47.5 Å². The maximum atomic E-state index is 13.8. The van der Waals surface area contributed by atoms with Crippen LogP contribution in [0.4, 0.5) is 4.39 Å². The SMILES string of the molecule is Cc1cn[nH]c1C1CCN(S(=O)(=O)c2ccccc2F)C1. The summed E-state index contributed by atoms with van der Waals surface area (Å²) in [5, 5.41) is 6.90. The summed E-state index contributed by atoms with van der Waals surface area (Å²) in [6, 6.07) is 5.48. The van der Waals surface area contributed by atoms with Crippen molar-refractivity contribution < 1.29 is 12.8 Å². The number of sulfonamides is 1. The van der Waals surface area contributed by atoms with Crippen LogP contribution in [0.1, 0.15) is 23.6 Å².